The van der Waals surface area contributed by atoms with Crippen LogP contribution in [0.5, 0.6) is 0 Å². The number of aromatic nitrogens is 1. The van der Waals surface area contributed by atoms with Gasteiger partial charge in [0.25, 0.3) is 0 Å². The molecule has 0 fully saturated rings. The van der Waals surface area contributed by atoms with Crippen LogP contribution >= 0.6 is 12.4 Å². The number of rotatable bonds is 6. The van der Waals surface area contributed by atoms with Crippen LogP contribution in [-0.4, -0.2) is 16.1 Å². The van der Waals surface area contributed by atoms with Crippen LogP contribution in [0.25, 0.3) is 0 Å². The first kappa shape index (κ1) is 13.9. The van der Waals surface area contributed by atoms with E-state index in [9.17, 15) is 4.79 Å². The van der Waals surface area contributed by atoms with Gasteiger partial charge in [0, 0.05) is 18.8 Å². The highest BCUT2D eigenvalue weighted by Crippen LogP contribution is 2.06. The van der Waals surface area contributed by atoms with Gasteiger partial charge in [-0.25, -0.2) is 0 Å². The average Bonchev–Trinajstić information content (AvgIpc) is 2.18. The molecule has 0 saturated heterocycles. The summed E-state index contributed by atoms with van der Waals surface area (Å²) >= 11 is 0. The van der Waals surface area contributed by atoms with Crippen LogP contribution in [0.1, 0.15) is 31.2 Å². The smallest absolute Gasteiger partial charge is 0.303 e. The van der Waals surface area contributed by atoms with Crippen molar-refractivity contribution in [3.8, 4) is 0 Å². The Kier molecular flexibility index (Phi) is 7.64. The average molecular weight is 230 g/mol. The Labute approximate surface area is 95.9 Å². The van der Waals surface area contributed by atoms with Crippen LogP contribution in [0, 0.1) is 0 Å². The Balaban J connectivity index is 0.00000196. The van der Waals surface area contributed by atoms with E-state index in [0.29, 0.717) is 0 Å². The van der Waals surface area contributed by atoms with Crippen molar-refractivity contribution in [2.24, 2.45) is 0 Å². The topological polar surface area (TPSA) is 50.2 Å². The van der Waals surface area contributed by atoms with Crippen molar-refractivity contribution in [3.63, 3.8) is 0 Å². The molecule has 0 amide bonds. The molecule has 0 spiro atoms. The summed E-state index contributed by atoms with van der Waals surface area (Å²) in [6, 6.07) is 3.97. The Hall–Kier alpha value is -1.09. The monoisotopic (exact) mass is 229 g/mol. The van der Waals surface area contributed by atoms with Crippen LogP contribution in [0.3, 0.4) is 0 Å². The fourth-order valence-corrected chi connectivity index (χ4v) is 1.33. The molecule has 0 aliphatic carbocycles. The van der Waals surface area contributed by atoms with Crippen molar-refractivity contribution in [3.05, 3.63) is 30.1 Å². The Morgan fingerprint density at radius 2 is 2.13 bits per heavy atom. The summed E-state index contributed by atoms with van der Waals surface area (Å²) in [6.07, 6.45) is 7.68. The van der Waals surface area contributed by atoms with Gasteiger partial charge in [-0.1, -0.05) is 12.5 Å². The zero-order valence-corrected chi connectivity index (χ0v) is 9.37. The van der Waals surface area contributed by atoms with Crippen molar-refractivity contribution in [1.29, 1.82) is 0 Å². The van der Waals surface area contributed by atoms with Gasteiger partial charge in [-0.2, -0.15) is 0 Å². The number of unbranched alkanes of at least 4 members (excludes halogenated alkanes) is 2. The van der Waals surface area contributed by atoms with Crippen LogP contribution in [0.2, 0.25) is 0 Å². The first-order chi connectivity index (χ1) is 6.79. The van der Waals surface area contributed by atoms with Crippen molar-refractivity contribution in [1.82, 2.24) is 4.98 Å². The molecule has 1 heterocycles. The van der Waals surface area contributed by atoms with Crippen molar-refractivity contribution < 1.29 is 9.90 Å². The van der Waals surface area contributed by atoms with Crippen molar-refractivity contribution in [2.45, 2.75) is 32.1 Å². The summed E-state index contributed by atoms with van der Waals surface area (Å²) in [7, 11) is 0. The van der Waals surface area contributed by atoms with Crippen LogP contribution in [-0.2, 0) is 11.2 Å². The molecule has 4 heteroatoms. The van der Waals surface area contributed by atoms with Crippen LogP contribution in [0.15, 0.2) is 24.5 Å². The molecule has 0 atom stereocenters. The van der Waals surface area contributed by atoms with E-state index in [4.69, 9.17) is 5.11 Å². The first-order valence-electron chi connectivity index (χ1n) is 4.90. The Morgan fingerprint density at radius 1 is 1.33 bits per heavy atom. The zero-order valence-electron chi connectivity index (χ0n) is 8.56. The van der Waals surface area contributed by atoms with Gasteiger partial charge >= 0.3 is 5.97 Å². The number of carboxylic acids is 1. The van der Waals surface area contributed by atoms with E-state index in [1.54, 1.807) is 6.20 Å². The zero-order chi connectivity index (χ0) is 10.2. The third kappa shape index (κ3) is 6.91. The second-order valence-corrected chi connectivity index (χ2v) is 3.32. The van der Waals surface area contributed by atoms with E-state index in [1.807, 2.05) is 18.3 Å². The molecule has 1 aromatic rings. The summed E-state index contributed by atoms with van der Waals surface area (Å²) in [5.74, 6) is -0.702. The Morgan fingerprint density at radius 3 is 2.73 bits per heavy atom. The standard InChI is InChI=1S/C11H15NO2.ClH/c13-11(14)7-3-1-2-5-10-6-4-8-12-9-10;/h4,6,8-9H,1-3,5,7H2,(H,13,14);1H. The maximum atomic E-state index is 10.2. The number of carbonyl (C=O) groups is 1. The largest absolute Gasteiger partial charge is 0.481 e. The van der Waals surface area contributed by atoms with Gasteiger partial charge in [0.1, 0.15) is 0 Å². The molecular formula is C11H16ClNO2. The minimum absolute atomic E-state index is 0. The van der Waals surface area contributed by atoms with E-state index in [1.165, 1.54) is 5.56 Å². The maximum absolute atomic E-state index is 10.2. The lowest BCUT2D eigenvalue weighted by atomic mass is 10.1. The molecule has 0 aliphatic heterocycles. The van der Waals surface area contributed by atoms with Crippen molar-refractivity contribution >= 4 is 18.4 Å². The number of aryl methyl sites for hydroxylation is 1. The summed E-state index contributed by atoms with van der Waals surface area (Å²) < 4.78 is 0. The van der Waals surface area contributed by atoms with E-state index in [0.717, 1.165) is 25.7 Å². The molecule has 1 rings (SSSR count). The number of hydrogen-bond acceptors (Lipinski definition) is 2. The fraction of sp³-hybridized carbons (Fsp3) is 0.455. The number of halogens is 1. The third-order valence-corrected chi connectivity index (χ3v) is 2.08. The van der Waals surface area contributed by atoms with Gasteiger partial charge < -0.3 is 5.11 Å². The quantitative estimate of drug-likeness (QED) is 0.763. The van der Waals surface area contributed by atoms with Gasteiger partial charge in [0.05, 0.1) is 0 Å². The first-order valence-corrected chi connectivity index (χ1v) is 4.90. The number of hydrogen-bond donors (Lipinski definition) is 1. The van der Waals surface area contributed by atoms with Crippen LogP contribution in [0.4, 0.5) is 0 Å². The predicted octanol–water partition coefficient (Wildman–Crippen LogP) is 2.69. The molecule has 0 bridgehead atoms. The second kappa shape index (κ2) is 8.24. The molecule has 1 aromatic heterocycles. The lowest BCUT2D eigenvalue weighted by Crippen LogP contribution is -1.94. The number of pyridine rings is 1. The highest BCUT2D eigenvalue weighted by atomic mass is 35.5. The van der Waals surface area contributed by atoms with Gasteiger partial charge in [-0.3, -0.25) is 9.78 Å². The molecule has 0 unspecified atom stereocenters. The lowest BCUT2D eigenvalue weighted by Gasteiger charge is -1.99. The highest BCUT2D eigenvalue weighted by Gasteiger charge is 1.97. The summed E-state index contributed by atoms with van der Waals surface area (Å²) in [6.45, 7) is 0. The van der Waals surface area contributed by atoms with E-state index in [2.05, 4.69) is 4.98 Å². The molecule has 0 radical (unpaired) electrons. The summed E-state index contributed by atoms with van der Waals surface area (Å²) in [5.41, 5.74) is 1.22. The van der Waals surface area contributed by atoms with Gasteiger partial charge in [-0.05, 0) is 30.9 Å². The van der Waals surface area contributed by atoms with E-state index >= 15 is 0 Å². The third-order valence-electron chi connectivity index (χ3n) is 2.08. The molecule has 84 valence electrons. The minimum Gasteiger partial charge on any atom is -0.481 e. The van der Waals surface area contributed by atoms with E-state index < -0.39 is 5.97 Å². The van der Waals surface area contributed by atoms with Gasteiger partial charge in [0.15, 0.2) is 0 Å². The van der Waals surface area contributed by atoms with Gasteiger partial charge in [0.2, 0.25) is 0 Å². The number of carboxylic acid groups (broad SMARTS) is 1. The van der Waals surface area contributed by atoms with E-state index in [-0.39, 0.29) is 18.8 Å². The van der Waals surface area contributed by atoms with Crippen molar-refractivity contribution in [2.75, 3.05) is 0 Å². The molecule has 0 aromatic carbocycles. The molecule has 15 heavy (non-hydrogen) atoms. The molecule has 0 aliphatic rings. The SMILES string of the molecule is Cl.O=C(O)CCCCCc1cccnc1. The number of nitrogens with zero attached hydrogens (tertiary/aromatic N) is 1. The number of aliphatic carboxylic acids is 1. The lowest BCUT2D eigenvalue weighted by molar-refractivity contribution is -0.137. The fourth-order valence-electron chi connectivity index (χ4n) is 1.33. The molecule has 1 N–H and O–H groups in total. The molecule has 3 nitrogen and oxygen atoms in total. The van der Waals surface area contributed by atoms with Gasteiger partial charge in [-0.15, -0.1) is 12.4 Å². The second-order valence-electron chi connectivity index (χ2n) is 3.32. The normalized spacial score (nSPS) is 9.33. The highest BCUT2D eigenvalue weighted by molar-refractivity contribution is 5.85. The Bertz CT molecular complexity index is 277. The maximum Gasteiger partial charge on any atom is 0.303 e. The summed E-state index contributed by atoms with van der Waals surface area (Å²) in [4.78, 5) is 14.2. The predicted molar refractivity (Wildman–Crippen MR) is 61.3 cm³/mol. The van der Waals surface area contributed by atoms with Crippen LogP contribution < -0.4 is 0 Å². The summed E-state index contributed by atoms with van der Waals surface area (Å²) in [5, 5.41) is 8.42. The minimum atomic E-state index is -0.702. The molecule has 0 saturated carbocycles. The molecular weight excluding hydrogens is 214 g/mol.